The molecule has 0 bridgehead atoms. The zero-order valence-corrected chi connectivity index (χ0v) is 14.2. The summed E-state index contributed by atoms with van der Waals surface area (Å²) >= 11 is 1.66. The standard InChI is InChI=1S/C18H20N2O2S/c1-12(19-16-5-4-6-17(11-16)23-3)18(22)20-15-9-7-14(8-10-15)13(2)21/h4-12,19H,1-3H3,(H,20,22)/t12-/m0/s1. The summed E-state index contributed by atoms with van der Waals surface area (Å²) in [6.45, 7) is 3.33. The van der Waals surface area contributed by atoms with Crippen molar-refractivity contribution in [2.75, 3.05) is 16.9 Å². The van der Waals surface area contributed by atoms with Crippen molar-refractivity contribution < 1.29 is 9.59 Å². The molecule has 0 aromatic heterocycles. The van der Waals surface area contributed by atoms with Gasteiger partial charge in [0.15, 0.2) is 5.78 Å². The molecular formula is C18H20N2O2S. The number of hydrogen-bond acceptors (Lipinski definition) is 4. The smallest absolute Gasteiger partial charge is 0.246 e. The summed E-state index contributed by atoms with van der Waals surface area (Å²) in [5.41, 5.74) is 2.21. The first-order valence-corrected chi connectivity index (χ1v) is 8.54. The van der Waals surface area contributed by atoms with Crippen LogP contribution < -0.4 is 10.6 Å². The second kappa shape index (κ2) is 7.83. The molecule has 0 saturated heterocycles. The monoisotopic (exact) mass is 328 g/mol. The Morgan fingerprint density at radius 2 is 1.74 bits per heavy atom. The first-order chi connectivity index (χ1) is 11.0. The van der Waals surface area contributed by atoms with Crippen molar-refractivity contribution in [2.45, 2.75) is 24.8 Å². The Morgan fingerprint density at radius 3 is 2.35 bits per heavy atom. The average molecular weight is 328 g/mol. The molecule has 0 heterocycles. The van der Waals surface area contributed by atoms with Crippen LogP contribution in [0.25, 0.3) is 0 Å². The molecule has 0 spiro atoms. The van der Waals surface area contributed by atoms with Crippen molar-refractivity contribution >= 4 is 34.8 Å². The van der Waals surface area contributed by atoms with Gasteiger partial charge < -0.3 is 10.6 Å². The molecule has 0 saturated carbocycles. The van der Waals surface area contributed by atoms with Gasteiger partial charge in [-0.25, -0.2) is 0 Å². The Morgan fingerprint density at radius 1 is 1.04 bits per heavy atom. The Labute approximate surface area is 140 Å². The third-order valence-corrected chi connectivity index (χ3v) is 4.13. The van der Waals surface area contributed by atoms with Crippen LogP contribution in [-0.4, -0.2) is 24.0 Å². The maximum atomic E-state index is 12.2. The topological polar surface area (TPSA) is 58.2 Å². The van der Waals surface area contributed by atoms with Crippen LogP contribution in [0.3, 0.4) is 0 Å². The van der Waals surface area contributed by atoms with Crippen LogP contribution in [0.1, 0.15) is 24.2 Å². The quantitative estimate of drug-likeness (QED) is 0.620. The minimum Gasteiger partial charge on any atom is -0.374 e. The van der Waals surface area contributed by atoms with Gasteiger partial charge in [0.05, 0.1) is 0 Å². The number of amides is 1. The van der Waals surface area contributed by atoms with Crippen molar-refractivity contribution in [3.8, 4) is 0 Å². The van der Waals surface area contributed by atoms with E-state index in [0.29, 0.717) is 11.3 Å². The van der Waals surface area contributed by atoms with Crippen LogP contribution in [0.5, 0.6) is 0 Å². The lowest BCUT2D eigenvalue weighted by molar-refractivity contribution is -0.116. The number of carbonyl (C=O) groups is 2. The number of rotatable bonds is 6. The number of nitrogens with one attached hydrogen (secondary N) is 2. The number of carbonyl (C=O) groups excluding carboxylic acids is 2. The summed E-state index contributed by atoms with van der Waals surface area (Å²) in [5.74, 6) is -0.123. The first-order valence-electron chi connectivity index (χ1n) is 7.32. The summed E-state index contributed by atoms with van der Waals surface area (Å²) in [4.78, 5) is 24.6. The highest BCUT2D eigenvalue weighted by Crippen LogP contribution is 2.19. The second-order valence-electron chi connectivity index (χ2n) is 5.22. The van der Waals surface area contributed by atoms with Gasteiger partial charge in [-0.2, -0.15) is 0 Å². The van der Waals surface area contributed by atoms with Gasteiger partial charge in [0.2, 0.25) is 5.91 Å². The van der Waals surface area contributed by atoms with Crippen LogP contribution in [0.4, 0.5) is 11.4 Å². The average Bonchev–Trinajstić information content (AvgIpc) is 2.55. The maximum Gasteiger partial charge on any atom is 0.246 e. The summed E-state index contributed by atoms with van der Waals surface area (Å²) in [7, 11) is 0. The van der Waals surface area contributed by atoms with Gasteiger partial charge in [-0.05, 0) is 62.6 Å². The Kier molecular flexibility index (Phi) is 5.82. The van der Waals surface area contributed by atoms with Crippen molar-refractivity contribution in [1.82, 2.24) is 0 Å². The maximum absolute atomic E-state index is 12.2. The molecule has 1 atom stereocenters. The van der Waals surface area contributed by atoms with E-state index in [1.807, 2.05) is 37.4 Å². The molecule has 0 unspecified atom stereocenters. The molecule has 120 valence electrons. The van der Waals surface area contributed by atoms with Crippen LogP contribution >= 0.6 is 11.8 Å². The lowest BCUT2D eigenvalue weighted by Gasteiger charge is -2.16. The highest BCUT2D eigenvalue weighted by molar-refractivity contribution is 7.98. The van der Waals surface area contributed by atoms with Gasteiger partial charge >= 0.3 is 0 Å². The molecule has 0 aliphatic heterocycles. The van der Waals surface area contributed by atoms with Crippen LogP contribution in [-0.2, 0) is 4.79 Å². The predicted molar refractivity (Wildman–Crippen MR) is 96.4 cm³/mol. The van der Waals surface area contributed by atoms with E-state index in [1.54, 1.807) is 36.0 Å². The van der Waals surface area contributed by atoms with Crippen molar-refractivity contribution in [1.29, 1.82) is 0 Å². The molecule has 2 N–H and O–H groups in total. The van der Waals surface area contributed by atoms with Crippen molar-refractivity contribution in [2.24, 2.45) is 0 Å². The molecule has 2 aromatic rings. The van der Waals surface area contributed by atoms with Gasteiger partial charge in [0, 0.05) is 21.8 Å². The highest BCUT2D eigenvalue weighted by atomic mass is 32.2. The largest absolute Gasteiger partial charge is 0.374 e. The fraction of sp³-hybridized carbons (Fsp3) is 0.222. The molecule has 23 heavy (non-hydrogen) atoms. The zero-order chi connectivity index (χ0) is 16.8. The zero-order valence-electron chi connectivity index (χ0n) is 13.4. The van der Waals surface area contributed by atoms with Gasteiger partial charge in [0.1, 0.15) is 6.04 Å². The fourth-order valence-corrected chi connectivity index (χ4v) is 2.53. The van der Waals surface area contributed by atoms with E-state index in [9.17, 15) is 9.59 Å². The van der Waals surface area contributed by atoms with E-state index in [0.717, 1.165) is 10.6 Å². The third kappa shape index (κ3) is 4.86. The lowest BCUT2D eigenvalue weighted by Crippen LogP contribution is -2.31. The Balaban J connectivity index is 1.97. The van der Waals surface area contributed by atoms with Gasteiger partial charge in [-0.15, -0.1) is 11.8 Å². The van der Waals surface area contributed by atoms with Gasteiger partial charge in [-0.3, -0.25) is 9.59 Å². The summed E-state index contributed by atoms with van der Waals surface area (Å²) in [6, 6.07) is 14.4. The SMILES string of the molecule is CSc1cccc(N[C@@H](C)C(=O)Nc2ccc(C(C)=O)cc2)c1. The van der Waals surface area contributed by atoms with Crippen LogP contribution in [0.15, 0.2) is 53.4 Å². The van der Waals surface area contributed by atoms with E-state index < -0.39 is 0 Å². The van der Waals surface area contributed by atoms with E-state index in [2.05, 4.69) is 10.6 Å². The molecule has 2 rings (SSSR count). The molecule has 1 amide bonds. The molecule has 0 aliphatic carbocycles. The molecule has 5 heteroatoms. The van der Waals surface area contributed by atoms with Crippen molar-refractivity contribution in [3.05, 3.63) is 54.1 Å². The summed E-state index contributed by atoms with van der Waals surface area (Å²) in [6.07, 6.45) is 2.01. The molecule has 0 radical (unpaired) electrons. The van der Waals surface area contributed by atoms with Crippen LogP contribution in [0.2, 0.25) is 0 Å². The molecule has 2 aromatic carbocycles. The normalized spacial score (nSPS) is 11.6. The third-order valence-electron chi connectivity index (χ3n) is 3.41. The number of Topliss-reactive ketones (excluding diaryl/α,β-unsaturated/α-hetero) is 1. The minimum atomic E-state index is -0.375. The highest BCUT2D eigenvalue weighted by Gasteiger charge is 2.13. The fourth-order valence-electron chi connectivity index (χ4n) is 2.07. The van der Waals surface area contributed by atoms with E-state index in [-0.39, 0.29) is 17.7 Å². The van der Waals surface area contributed by atoms with Crippen molar-refractivity contribution in [3.63, 3.8) is 0 Å². The van der Waals surface area contributed by atoms with Gasteiger partial charge in [0.25, 0.3) is 0 Å². The first kappa shape index (κ1) is 17.1. The van der Waals surface area contributed by atoms with E-state index in [4.69, 9.17) is 0 Å². The number of benzene rings is 2. The van der Waals surface area contributed by atoms with E-state index >= 15 is 0 Å². The number of ketones is 1. The van der Waals surface area contributed by atoms with Gasteiger partial charge in [-0.1, -0.05) is 6.07 Å². The molecule has 4 nitrogen and oxygen atoms in total. The Bertz CT molecular complexity index is 698. The number of hydrogen-bond donors (Lipinski definition) is 2. The second-order valence-corrected chi connectivity index (χ2v) is 6.10. The minimum absolute atomic E-state index is 0.00610. The molecule has 0 fully saturated rings. The number of anilines is 2. The Hall–Kier alpha value is -2.27. The molecular weight excluding hydrogens is 308 g/mol. The number of thioether (sulfide) groups is 1. The summed E-state index contributed by atoms with van der Waals surface area (Å²) in [5, 5.41) is 6.03. The van der Waals surface area contributed by atoms with E-state index in [1.165, 1.54) is 6.92 Å². The molecule has 0 aliphatic rings. The van der Waals surface area contributed by atoms with Crippen LogP contribution in [0, 0.1) is 0 Å². The summed E-state index contributed by atoms with van der Waals surface area (Å²) < 4.78 is 0. The predicted octanol–water partition coefficient (Wildman–Crippen LogP) is 4.05. The lowest BCUT2D eigenvalue weighted by atomic mass is 10.1.